The number of ether oxygens (including phenoxy) is 1. The van der Waals surface area contributed by atoms with Gasteiger partial charge in [0.15, 0.2) is 0 Å². The molecule has 6 heteroatoms. The average molecular weight is 202 g/mol. The summed E-state index contributed by atoms with van der Waals surface area (Å²) in [6.45, 7) is 0.864. The largest absolute Gasteiger partial charge is 0.466 e. The second-order valence-corrected chi connectivity index (χ2v) is 2.51. The second kappa shape index (κ2) is 5.04. The van der Waals surface area contributed by atoms with Crippen molar-refractivity contribution < 1.29 is 27.1 Å². The molecule has 0 rings (SSSR count). The monoisotopic (exact) mass is 202 g/mol. The standard InChI is InChI=1S/C7H10F4O2/c1-5(12)13-4-2-3-7(10,11)6(8)9/h6H,2-4H2,1H3. The summed E-state index contributed by atoms with van der Waals surface area (Å²) in [5, 5.41) is 0. The first-order chi connectivity index (χ1) is 5.86. The van der Waals surface area contributed by atoms with Crippen LogP contribution in [-0.2, 0) is 9.53 Å². The van der Waals surface area contributed by atoms with Crippen molar-refractivity contribution in [3.63, 3.8) is 0 Å². The predicted molar refractivity (Wildman–Crippen MR) is 36.8 cm³/mol. The lowest BCUT2D eigenvalue weighted by Crippen LogP contribution is -2.26. The van der Waals surface area contributed by atoms with Crippen LogP contribution in [0.25, 0.3) is 0 Å². The lowest BCUT2D eigenvalue weighted by Gasteiger charge is -2.14. The van der Waals surface area contributed by atoms with Gasteiger partial charge in [0.05, 0.1) is 6.61 Å². The third-order valence-corrected chi connectivity index (χ3v) is 1.28. The molecule has 0 saturated heterocycles. The van der Waals surface area contributed by atoms with Gasteiger partial charge in [-0.05, 0) is 6.42 Å². The molecule has 0 aromatic heterocycles. The molecule has 78 valence electrons. The molecule has 0 saturated carbocycles. The SMILES string of the molecule is CC(=O)OCCCC(F)(F)C(F)F. The minimum Gasteiger partial charge on any atom is -0.466 e. The lowest BCUT2D eigenvalue weighted by atomic mass is 10.2. The zero-order valence-electron chi connectivity index (χ0n) is 7.03. The topological polar surface area (TPSA) is 26.3 Å². The maximum Gasteiger partial charge on any atom is 0.307 e. The van der Waals surface area contributed by atoms with Gasteiger partial charge in [-0.15, -0.1) is 0 Å². The van der Waals surface area contributed by atoms with Crippen LogP contribution in [0.2, 0.25) is 0 Å². The van der Waals surface area contributed by atoms with Gasteiger partial charge in [0.25, 0.3) is 0 Å². The highest BCUT2D eigenvalue weighted by Crippen LogP contribution is 2.27. The van der Waals surface area contributed by atoms with Crippen molar-refractivity contribution in [3.8, 4) is 0 Å². The van der Waals surface area contributed by atoms with E-state index < -0.39 is 24.7 Å². The Morgan fingerprint density at radius 2 is 2.00 bits per heavy atom. The van der Waals surface area contributed by atoms with Crippen molar-refractivity contribution in [2.24, 2.45) is 0 Å². The molecule has 0 aliphatic heterocycles. The first-order valence-corrected chi connectivity index (χ1v) is 3.65. The Hall–Kier alpha value is -0.810. The summed E-state index contributed by atoms with van der Waals surface area (Å²) in [7, 11) is 0. The van der Waals surface area contributed by atoms with Gasteiger partial charge in [-0.2, -0.15) is 0 Å². The third kappa shape index (κ3) is 5.43. The van der Waals surface area contributed by atoms with E-state index in [1.54, 1.807) is 0 Å². The molecule has 0 aliphatic carbocycles. The number of hydrogen-bond acceptors (Lipinski definition) is 2. The molecule has 0 fully saturated rings. The highest BCUT2D eigenvalue weighted by atomic mass is 19.3. The van der Waals surface area contributed by atoms with E-state index in [2.05, 4.69) is 4.74 Å². The Bertz CT molecular complexity index is 170. The molecule has 2 nitrogen and oxygen atoms in total. The van der Waals surface area contributed by atoms with Crippen LogP contribution >= 0.6 is 0 Å². The normalized spacial score (nSPS) is 11.8. The van der Waals surface area contributed by atoms with Crippen LogP contribution < -0.4 is 0 Å². The molecule has 0 aromatic carbocycles. The molecule has 0 aromatic rings. The van der Waals surface area contributed by atoms with Crippen LogP contribution in [0.3, 0.4) is 0 Å². The molecule has 0 radical (unpaired) electrons. The second-order valence-electron chi connectivity index (χ2n) is 2.51. The zero-order valence-corrected chi connectivity index (χ0v) is 7.03. The highest BCUT2D eigenvalue weighted by molar-refractivity contribution is 5.65. The van der Waals surface area contributed by atoms with Gasteiger partial charge in [0.1, 0.15) is 0 Å². The molecule has 0 atom stereocenters. The van der Waals surface area contributed by atoms with Gasteiger partial charge in [-0.25, -0.2) is 17.6 Å². The first-order valence-electron chi connectivity index (χ1n) is 3.65. The lowest BCUT2D eigenvalue weighted by molar-refractivity contribution is -0.146. The van der Waals surface area contributed by atoms with Crippen molar-refractivity contribution in [1.82, 2.24) is 0 Å². The van der Waals surface area contributed by atoms with Crippen molar-refractivity contribution >= 4 is 5.97 Å². The Labute approximate surface area is 72.9 Å². The van der Waals surface area contributed by atoms with Crippen LogP contribution in [0.4, 0.5) is 17.6 Å². The minimum atomic E-state index is -3.99. The summed E-state index contributed by atoms with van der Waals surface area (Å²) in [5.41, 5.74) is 0. The minimum absolute atomic E-state index is 0.252. The first kappa shape index (κ1) is 12.2. The highest BCUT2D eigenvalue weighted by Gasteiger charge is 2.39. The average Bonchev–Trinajstić information content (AvgIpc) is 1.97. The third-order valence-electron chi connectivity index (χ3n) is 1.28. The van der Waals surface area contributed by atoms with E-state index in [0.717, 1.165) is 6.92 Å². The maximum absolute atomic E-state index is 12.2. The molecule has 0 spiro atoms. The number of alkyl halides is 4. The smallest absolute Gasteiger partial charge is 0.307 e. The van der Waals surface area contributed by atoms with Crippen molar-refractivity contribution in [2.45, 2.75) is 32.1 Å². The van der Waals surface area contributed by atoms with Crippen LogP contribution in [0.1, 0.15) is 19.8 Å². The summed E-state index contributed by atoms with van der Waals surface area (Å²) < 4.78 is 51.7. The van der Waals surface area contributed by atoms with E-state index in [9.17, 15) is 22.4 Å². The fourth-order valence-corrected chi connectivity index (χ4v) is 0.633. The van der Waals surface area contributed by atoms with Crippen molar-refractivity contribution in [2.75, 3.05) is 6.61 Å². The summed E-state index contributed by atoms with van der Waals surface area (Å²) in [6, 6.07) is 0. The van der Waals surface area contributed by atoms with Crippen LogP contribution in [0.5, 0.6) is 0 Å². The van der Waals surface area contributed by atoms with Gasteiger partial charge in [-0.3, -0.25) is 4.79 Å². The van der Waals surface area contributed by atoms with Crippen LogP contribution in [0.15, 0.2) is 0 Å². The molecule has 0 unspecified atom stereocenters. The molecule has 0 bridgehead atoms. The fourth-order valence-electron chi connectivity index (χ4n) is 0.633. The van der Waals surface area contributed by atoms with E-state index in [-0.39, 0.29) is 13.0 Å². The van der Waals surface area contributed by atoms with E-state index in [4.69, 9.17) is 0 Å². The van der Waals surface area contributed by atoms with Gasteiger partial charge in [0.2, 0.25) is 0 Å². The molecular weight excluding hydrogens is 192 g/mol. The Morgan fingerprint density at radius 1 is 1.46 bits per heavy atom. The Kier molecular flexibility index (Phi) is 4.72. The van der Waals surface area contributed by atoms with Crippen molar-refractivity contribution in [3.05, 3.63) is 0 Å². The number of esters is 1. The van der Waals surface area contributed by atoms with Gasteiger partial charge >= 0.3 is 18.3 Å². The van der Waals surface area contributed by atoms with Crippen LogP contribution in [-0.4, -0.2) is 24.9 Å². The van der Waals surface area contributed by atoms with Gasteiger partial charge in [0, 0.05) is 13.3 Å². The number of hydrogen-bond donors (Lipinski definition) is 0. The molecule has 0 amide bonds. The number of carbonyl (C=O) groups is 1. The van der Waals surface area contributed by atoms with E-state index in [1.165, 1.54) is 0 Å². The molecule has 0 heterocycles. The summed E-state index contributed by atoms with van der Waals surface area (Å²) in [6.07, 6.45) is -4.90. The van der Waals surface area contributed by atoms with Crippen LogP contribution in [0, 0.1) is 0 Å². The number of carbonyl (C=O) groups excluding carboxylic acids is 1. The quantitative estimate of drug-likeness (QED) is 0.388. The molecule has 0 aliphatic rings. The molecule has 13 heavy (non-hydrogen) atoms. The zero-order chi connectivity index (χ0) is 10.5. The fraction of sp³-hybridized carbons (Fsp3) is 0.857. The van der Waals surface area contributed by atoms with E-state index in [1.807, 2.05) is 0 Å². The Morgan fingerprint density at radius 3 is 2.38 bits per heavy atom. The molecule has 0 N–H and O–H groups in total. The van der Waals surface area contributed by atoms with Gasteiger partial charge in [-0.1, -0.05) is 0 Å². The molecular formula is C7H10F4O2. The Balaban J connectivity index is 3.58. The predicted octanol–water partition coefficient (Wildman–Crippen LogP) is 2.23. The summed E-state index contributed by atoms with van der Waals surface area (Å²) >= 11 is 0. The summed E-state index contributed by atoms with van der Waals surface area (Å²) in [4.78, 5) is 10.1. The number of halogens is 4. The van der Waals surface area contributed by atoms with Gasteiger partial charge < -0.3 is 4.74 Å². The number of rotatable bonds is 5. The van der Waals surface area contributed by atoms with E-state index >= 15 is 0 Å². The maximum atomic E-state index is 12.2. The van der Waals surface area contributed by atoms with E-state index in [0.29, 0.717) is 0 Å². The summed E-state index contributed by atoms with van der Waals surface area (Å²) in [5.74, 6) is -4.60. The van der Waals surface area contributed by atoms with Crippen molar-refractivity contribution in [1.29, 1.82) is 0 Å².